The lowest BCUT2D eigenvalue weighted by atomic mass is 10.1. The molecule has 5 nitrogen and oxygen atoms in total. The van der Waals surface area contributed by atoms with E-state index >= 15 is 0 Å². The molecular formula is C14H25NO4. The Morgan fingerprint density at radius 3 is 2.32 bits per heavy atom. The van der Waals surface area contributed by atoms with Crippen molar-refractivity contribution < 1.29 is 19.4 Å². The number of carbonyl (C=O) groups is 2. The number of aliphatic carboxylic acids is 1. The Morgan fingerprint density at radius 2 is 1.84 bits per heavy atom. The van der Waals surface area contributed by atoms with Crippen molar-refractivity contribution >= 4 is 11.9 Å². The van der Waals surface area contributed by atoms with Gasteiger partial charge in [-0.25, -0.2) is 9.59 Å². The number of likely N-dealkylation sites (N-methyl/N-ethyl adjacent to an activating group) is 1. The number of esters is 1. The van der Waals surface area contributed by atoms with Gasteiger partial charge in [-0.3, -0.25) is 4.90 Å². The van der Waals surface area contributed by atoms with Gasteiger partial charge in [0.05, 0.1) is 0 Å². The van der Waals surface area contributed by atoms with Crippen LogP contribution in [0.1, 0.15) is 40.0 Å². The van der Waals surface area contributed by atoms with Gasteiger partial charge in [-0.15, -0.1) is 0 Å². The van der Waals surface area contributed by atoms with Crippen LogP contribution in [0.15, 0.2) is 12.2 Å². The summed E-state index contributed by atoms with van der Waals surface area (Å²) < 4.78 is 5.11. The normalized spacial score (nSPS) is 12.8. The second-order valence-electron chi connectivity index (χ2n) is 4.32. The highest BCUT2D eigenvalue weighted by atomic mass is 16.5. The summed E-state index contributed by atoms with van der Waals surface area (Å²) in [7, 11) is 0. The Kier molecular flexibility index (Phi) is 9.80. The van der Waals surface area contributed by atoms with Gasteiger partial charge in [0.15, 0.2) is 0 Å². The van der Waals surface area contributed by atoms with E-state index in [4.69, 9.17) is 9.84 Å². The molecule has 1 N–H and O–H groups in total. The van der Waals surface area contributed by atoms with E-state index < -0.39 is 11.9 Å². The van der Waals surface area contributed by atoms with Crippen molar-refractivity contribution in [2.24, 2.45) is 0 Å². The van der Waals surface area contributed by atoms with Crippen LogP contribution >= 0.6 is 0 Å². The van der Waals surface area contributed by atoms with E-state index in [1.807, 2.05) is 0 Å². The Morgan fingerprint density at radius 1 is 1.21 bits per heavy atom. The van der Waals surface area contributed by atoms with Crippen molar-refractivity contribution in [1.82, 2.24) is 4.90 Å². The SMILES string of the molecule is CCCCC(COC(=O)/C=C\C(=O)O)N(CC)CC. The summed E-state index contributed by atoms with van der Waals surface area (Å²) in [6, 6.07) is 0.206. The quantitative estimate of drug-likeness (QED) is 0.486. The van der Waals surface area contributed by atoms with E-state index in [-0.39, 0.29) is 6.04 Å². The zero-order valence-corrected chi connectivity index (χ0v) is 12.1. The number of rotatable bonds is 10. The van der Waals surface area contributed by atoms with Gasteiger partial charge in [0.25, 0.3) is 0 Å². The number of carboxylic acid groups (broad SMARTS) is 1. The molecule has 0 saturated heterocycles. The molecule has 0 rings (SSSR count). The standard InChI is InChI=1S/C14H25NO4/c1-4-7-8-12(15(5-2)6-3)11-19-14(18)10-9-13(16)17/h9-10,12H,4-8,11H2,1-3H3,(H,16,17)/b10-9-. The summed E-state index contributed by atoms with van der Waals surface area (Å²) in [6.07, 6.45) is 4.91. The van der Waals surface area contributed by atoms with Gasteiger partial charge in [0.2, 0.25) is 0 Å². The average molecular weight is 271 g/mol. The summed E-state index contributed by atoms with van der Waals surface area (Å²) in [5.74, 6) is -1.75. The molecule has 19 heavy (non-hydrogen) atoms. The molecule has 0 fully saturated rings. The molecule has 1 unspecified atom stereocenters. The van der Waals surface area contributed by atoms with Gasteiger partial charge in [0, 0.05) is 18.2 Å². The topological polar surface area (TPSA) is 66.8 Å². The highest BCUT2D eigenvalue weighted by Gasteiger charge is 2.16. The summed E-state index contributed by atoms with van der Waals surface area (Å²) in [4.78, 5) is 23.9. The van der Waals surface area contributed by atoms with Crippen LogP contribution in [0, 0.1) is 0 Å². The van der Waals surface area contributed by atoms with Gasteiger partial charge >= 0.3 is 11.9 Å². The zero-order valence-electron chi connectivity index (χ0n) is 12.1. The van der Waals surface area contributed by atoms with E-state index in [2.05, 4.69) is 25.7 Å². The first kappa shape index (κ1) is 17.6. The lowest BCUT2D eigenvalue weighted by Gasteiger charge is -2.29. The van der Waals surface area contributed by atoms with Crippen molar-refractivity contribution in [2.45, 2.75) is 46.1 Å². The molecule has 5 heteroatoms. The summed E-state index contributed by atoms with van der Waals surface area (Å²) in [5.41, 5.74) is 0. The molecule has 110 valence electrons. The summed E-state index contributed by atoms with van der Waals surface area (Å²) in [5, 5.41) is 8.42. The summed E-state index contributed by atoms with van der Waals surface area (Å²) in [6.45, 7) is 8.41. The van der Waals surface area contributed by atoms with Crippen LogP contribution in [-0.4, -0.2) is 47.7 Å². The van der Waals surface area contributed by atoms with Crippen LogP contribution in [0.4, 0.5) is 0 Å². The molecule has 0 aliphatic heterocycles. The molecule has 0 radical (unpaired) electrons. The van der Waals surface area contributed by atoms with Crippen LogP contribution in [0.5, 0.6) is 0 Å². The zero-order chi connectivity index (χ0) is 14.7. The minimum Gasteiger partial charge on any atom is -0.478 e. The van der Waals surface area contributed by atoms with Crippen molar-refractivity contribution in [3.8, 4) is 0 Å². The molecule has 0 spiro atoms. The van der Waals surface area contributed by atoms with Crippen LogP contribution in [0.3, 0.4) is 0 Å². The maximum Gasteiger partial charge on any atom is 0.331 e. The molecule has 0 aromatic carbocycles. The van der Waals surface area contributed by atoms with Gasteiger partial charge in [-0.05, 0) is 19.5 Å². The first-order chi connectivity index (χ1) is 9.04. The van der Waals surface area contributed by atoms with Crippen LogP contribution in [0.25, 0.3) is 0 Å². The van der Waals surface area contributed by atoms with Crippen molar-refractivity contribution in [1.29, 1.82) is 0 Å². The largest absolute Gasteiger partial charge is 0.478 e. The first-order valence-corrected chi connectivity index (χ1v) is 6.86. The number of carboxylic acids is 1. The van der Waals surface area contributed by atoms with E-state index in [9.17, 15) is 9.59 Å². The predicted octanol–water partition coefficient (Wildman–Crippen LogP) is 2.07. The number of unbranched alkanes of at least 4 members (excludes halogenated alkanes) is 1. The maximum atomic E-state index is 11.3. The number of hydrogen-bond acceptors (Lipinski definition) is 4. The second kappa shape index (κ2) is 10.6. The van der Waals surface area contributed by atoms with Crippen molar-refractivity contribution in [2.75, 3.05) is 19.7 Å². The fourth-order valence-electron chi connectivity index (χ4n) is 1.92. The smallest absolute Gasteiger partial charge is 0.331 e. The molecule has 0 aliphatic carbocycles. The molecule has 1 atom stereocenters. The molecule has 0 heterocycles. The van der Waals surface area contributed by atoms with E-state index in [1.165, 1.54) is 0 Å². The highest BCUT2D eigenvalue weighted by Crippen LogP contribution is 2.09. The molecule has 0 amide bonds. The van der Waals surface area contributed by atoms with E-state index in [0.717, 1.165) is 44.5 Å². The van der Waals surface area contributed by atoms with Gasteiger partial charge < -0.3 is 9.84 Å². The highest BCUT2D eigenvalue weighted by molar-refractivity contribution is 5.90. The van der Waals surface area contributed by atoms with Gasteiger partial charge in [-0.1, -0.05) is 33.6 Å². The third kappa shape index (κ3) is 8.37. The third-order valence-corrected chi connectivity index (χ3v) is 3.00. The third-order valence-electron chi connectivity index (χ3n) is 3.00. The Hall–Kier alpha value is -1.36. The van der Waals surface area contributed by atoms with Crippen molar-refractivity contribution in [3.63, 3.8) is 0 Å². The number of carbonyl (C=O) groups excluding carboxylic acids is 1. The Bertz CT molecular complexity index is 298. The summed E-state index contributed by atoms with van der Waals surface area (Å²) >= 11 is 0. The lowest BCUT2D eigenvalue weighted by Crippen LogP contribution is -2.39. The predicted molar refractivity (Wildman–Crippen MR) is 74.0 cm³/mol. The lowest BCUT2D eigenvalue weighted by molar-refractivity contribution is -0.140. The van der Waals surface area contributed by atoms with Gasteiger partial charge in [-0.2, -0.15) is 0 Å². The van der Waals surface area contributed by atoms with Crippen molar-refractivity contribution in [3.05, 3.63) is 12.2 Å². The maximum absolute atomic E-state index is 11.3. The molecule has 0 saturated carbocycles. The Labute approximate surface area is 115 Å². The molecule has 0 aliphatic rings. The average Bonchev–Trinajstić information content (AvgIpc) is 2.39. The van der Waals surface area contributed by atoms with E-state index in [1.54, 1.807) is 0 Å². The molecule has 0 bridgehead atoms. The second-order valence-corrected chi connectivity index (χ2v) is 4.32. The molecular weight excluding hydrogens is 246 g/mol. The minimum atomic E-state index is -1.15. The fraction of sp³-hybridized carbons (Fsp3) is 0.714. The Balaban J connectivity index is 4.31. The molecule has 0 aromatic heterocycles. The number of hydrogen-bond donors (Lipinski definition) is 1. The van der Waals surface area contributed by atoms with Crippen LogP contribution < -0.4 is 0 Å². The van der Waals surface area contributed by atoms with Crippen LogP contribution in [0.2, 0.25) is 0 Å². The van der Waals surface area contributed by atoms with Crippen LogP contribution in [-0.2, 0) is 14.3 Å². The minimum absolute atomic E-state index is 0.206. The number of ether oxygens (including phenoxy) is 1. The fourth-order valence-corrected chi connectivity index (χ4v) is 1.92. The molecule has 0 aromatic rings. The van der Waals surface area contributed by atoms with Gasteiger partial charge in [0.1, 0.15) is 6.61 Å². The monoisotopic (exact) mass is 271 g/mol. The number of nitrogens with zero attached hydrogens (tertiary/aromatic N) is 1. The van der Waals surface area contributed by atoms with E-state index in [0.29, 0.717) is 6.61 Å². The first-order valence-electron chi connectivity index (χ1n) is 6.86.